The highest BCUT2D eigenvalue weighted by Gasteiger charge is 2.26. The molecule has 0 spiro atoms. The summed E-state index contributed by atoms with van der Waals surface area (Å²) >= 11 is 0. The van der Waals surface area contributed by atoms with Crippen LogP contribution in [0.4, 0.5) is 5.69 Å². The maximum Gasteiger partial charge on any atom is 0.244 e. The Labute approximate surface area is 121 Å². The largest absolute Gasteiger partial charge is 0.495 e. The minimum Gasteiger partial charge on any atom is -0.495 e. The fourth-order valence-corrected chi connectivity index (χ4v) is 2.82. The topological polar surface area (TPSA) is 84.7 Å². The molecule has 7 heteroatoms. The molecule has 0 bridgehead atoms. The zero-order chi connectivity index (χ0) is 15.6. The number of ether oxygens (including phenoxy) is 1. The van der Waals surface area contributed by atoms with Crippen LogP contribution in [0.1, 0.15) is 13.8 Å². The molecule has 0 aromatic heterocycles. The van der Waals surface area contributed by atoms with Gasteiger partial charge in [0, 0.05) is 17.8 Å². The molecule has 1 rings (SSSR count). The van der Waals surface area contributed by atoms with Gasteiger partial charge in [-0.2, -0.15) is 0 Å². The lowest BCUT2D eigenvalue weighted by Crippen LogP contribution is -2.48. The number of nitrogens with one attached hydrogen (secondary N) is 1. The van der Waals surface area contributed by atoms with Crippen molar-refractivity contribution in [3.63, 3.8) is 0 Å². The molecule has 1 aromatic rings. The Kier molecular flexibility index (Phi) is 5.01. The van der Waals surface area contributed by atoms with Crippen molar-refractivity contribution in [2.24, 2.45) is 0 Å². The van der Waals surface area contributed by atoms with Crippen LogP contribution in [0, 0.1) is 0 Å². The summed E-state index contributed by atoms with van der Waals surface area (Å²) in [5, 5.41) is 0. The molecule has 0 heterocycles. The third-order valence-electron chi connectivity index (χ3n) is 3.38. The Hall–Kier alpha value is -1.31. The normalized spacial score (nSPS) is 12.7. The molecule has 0 saturated heterocycles. The summed E-state index contributed by atoms with van der Waals surface area (Å²) in [6.07, 6.45) is 0. The number of nitrogen functional groups attached to an aromatic ring is 1. The summed E-state index contributed by atoms with van der Waals surface area (Å²) in [4.78, 5) is 2.00. The lowest BCUT2D eigenvalue weighted by Gasteiger charge is -2.32. The molecule has 114 valence electrons. The number of benzene rings is 1. The quantitative estimate of drug-likeness (QED) is 0.763. The second kappa shape index (κ2) is 5.99. The number of likely N-dealkylation sites (N-methyl/N-ethyl adjacent to an activating group) is 1. The monoisotopic (exact) mass is 301 g/mol. The highest BCUT2D eigenvalue weighted by Crippen LogP contribution is 2.26. The smallest absolute Gasteiger partial charge is 0.244 e. The van der Waals surface area contributed by atoms with E-state index >= 15 is 0 Å². The van der Waals surface area contributed by atoms with Gasteiger partial charge in [-0.25, -0.2) is 13.1 Å². The Bertz CT molecular complexity index is 568. The lowest BCUT2D eigenvalue weighted by atomic mass is 10.1. The summed E-state index contributed by atoms with van der Waals surface area (Å²) < 4.78 is 32.4. The number of methoxy groups -OCH3 is 1. The zero-order valence-electron chi connectivity index (χ0n) is 12.6. The van der Waals surface area contributed by atoms with E-state index in [1.165, 1.54) is 13.2 Å². The first-order valence-corrected chi connectivity index (χ1v) is 7.69. The van der Waals surface area contributed by atoms with E-state index in [1.807, 2.05) is 32.8 Å². The highest BCUT2D eigenvalue weighted by atomic mass is 32.2. The molecule has 0 amide bonds. The summed E-state index contributed by atoms with van der Waals surface area (Å²) in [6, 6.07) is 4.53. The van der Waals surface area contributed by atoms with Crippen molar-refractivity contribution in [2.75, 3.05) is 33.5 Å². The van der Waals surface area contributed by atoms with Crippen molar-refractivity contribution < 1.29 is 13.2 Å². The van der Waals surface area contributed by atoms with Crippen molar-refractivity contribution >= 4 is 15.7 Å². The van der Waals surface area contributed by atoms with Gasteiger partial charge in [-0.15, -0.1) is 0 Å². The molecule has 20 heavy (non-hydrogen) atoms. The molecule has 3 N–H and O–H groups in total. The van der Waals surface area contributed by atoms with Gasteiger partial charge in [-0.1, -0.05) is 0 Å². The lowest BCUT2D eigenvalue weighted by molar-refractivity contribution is 0.199. The second-order valence-corrected chi connectivity index (χ2v) is 7.18. The van der Waals surface area contributed by atoms with Crippen molar-refractivity contribution in [1.82, 2.24) is 9.62 Å². The predicted octanol–water partition coefficient (Wildman–Crippen LogP) is 0.896. The van der Waals surface area contributed by atoms with E-state index < -0.39 is 10.0 Å². The molecule has 0 unspecified atom stereocenters. The van der Waals surface area contributed by atoms with Crippen molar-refractivity contribution in [3.05, 3.63) is 18.2 Å². The fourth-order valence-electron chi connectivity index (χ4n) is 1.41. The second-order valence-electron chi connectivity index (χ2n) is 5.44. The van der Waals surface area contributed by atoms with Gasteiger partial charge in [-0.05, 0) is 46.1 Å². The molecule has 0 aliphatic carbocycles. The van der Waals surface area contributed by atoms with Gasteiger partial charge >= 0.3 is 0 Å². The fraction of sp³-hybridized carbons (Fsp3) is 0.538. The van der Waals surface area contributed by atoms with E-state index in [0.717, 1.165) is 0 Å². The van der Waals surface area contributed by atoms with E-state index in [9.17, 15) is 8.42 Å². The first kappa shape index (κ1) is 16.7. The molecule has 0 fully saturated rings. The number of hydrogen-bond donors (Lipinski definition) is 2. The van der Waals surface area contributed by atoms with E-state index in [-0.39, 0.29) is 22.7 Å². The minimum atomic E-state index is -3.67. The van der Waals surface area contributed by atoms with Crippen LogP contribution in [-0.2, 0) is 10.0 Å². The minimum absolute atomic E-state index is 0.0505. The van der Waals surface area contributed by atoms with Crippen LogP contribution >= 0.6 is 0 Å². The van der Waals surface area contributed by atoms with Crippen LogP contribution in [0.15, 0.2) is 23.1 Å². The Morgan fingerprint density at radius 3 is 2.45 bits per heavy atom. The Balaban J connectivity index is 3.03. The van der Waals surface area contributed by atoms with Crippen LogP contribution in [0.3, 0.4) is 0 Å². The molecule has 0 aliphatic heterocycles. The molecule has 0 saturated carbocycles. The van der Waals surface area contributed by atoms with Crippen molar-refractivity contribution in [2.45, 2.75) is 24.3 Å². The molecule has 0 atom stereocenters. The molecular formula is C13H23N3O3S. The SMILES string of the molecule is COc1ccc(N)cc1S(=O)(=O)NCC(C)(C)N(C)C. The summed E-state index contributed by atoms with van der Waals surface area (Å²) in [5.74, 6) is 0.273. The molecular weight excluding hydrogens is 278 g/mol. The van der Waals surface area contributed by atoms with Gasteiger partial charge in [0.15, 0.2) is 0 Å². The average molecular weight is 301 g/mol. The number of rotatable bonds is 6. The van der Waals surface area contributed by atoms with Crippen LogP contribution in [0.5, 0.6) is 5.75 Å². The average Bonchev–Trinajstić information content (AvgIpc) is 2.36. The molecule has 6 nitrogen and oxygen atoms in total. The summed E-state index contributed by atoms with van der Waals surface area (Å²) in [6.45, 7) is 4.18. The van der Waals surface area contributed by atoms with E-state index in [1.54, 1.807) is 12.1 Å². The van der Waals surface area contributed by atoms with Crippen LogP contribution in [0.25, 0.3) is 0 Å². The molecule has 0 radical (unpaired) electrons. The first-order chi connectivity index (χ1) is 9.10. The molecule has 0 aliphatic rings. The van der Waals surface area contributed by atoms with Gasteiger partial charge in [0.1, 0.15) is 10.6 Å². The van der Waals surface area contributed by atoms with E-state index in [0.29, 0.717) is 5.69 Å². The zero-order valence-corrected chi connectivity index (χ0v) is 13.4. The third kappa shape index (κ3) is 3.84. The van der Waals surface area contributed by atoms with Gasteiger partial charge in [0.05, 0.1) is 7.11 Å². The van der Waals surface area contributed by atoms with Gasteiger partial charge in [0.25, 0.3) is 0 Å². The Morgan fingerprint density at radius 1 is 1.35 bits per heavy atom. The number of nitrogens with zero attached hydrogens (tertiary/aromatic N) is 1. The third-order valence-corrected chi connectivity index (χ3v) is 4.81. The number of hydrogen-bond acceptors (Lipinski definition) is 5. The predicted molar refractivity (Wildman–Crippen MR) is 80.4 cm³/mol. The first-order valence-electron chi connectivity index (χ1n) is 6.21. The summed E-state index contributed by atoms with van der Waals surface area (Å²) in [7, 11) is 1.55. The van der Waals surface area contributed by atoms with Gasteiger partial charge in [0.2, 0.25) is 10.0 Å². The number of nitrogens with two attached hydrogens (primary N) is 1. The van der Waals surface area contributed by atoms with E-state index in [4.69, 9.17) is 10.5 Å². The van der Waals surface area contributed by atoms with Crippen molar-refractivity contribution in [1.29, 1.82) is 0 Å². The number of anilines is 1. The molecule has 1 aromatic carbocycles. The summed E-state index contributed by atoms with van der Waals surface area (Å²) in [5.41, 5.74) is 5.72. The maximum absolute atomic E-state index is 12.4. The Morgan fingerprint density at radius 2 is 1.95 bits per heavy atom. The van der Waals surface area contributed by atoms with Crippen LogP contribution in [0.2, 0.25) is 0 Å². The van der Waals surface area contributed by atoms with E-state index in [2.05, 4.69) is 4.72 Å². The van der Waals surface area contributed by atoms with Crippen molar-refractivity contribution in [3.8, 4) is 5.75 Å². The highest BCUT2D eigenvalue weighted by molar-refractivity contribution is 7.89. The maximum atomic E-state index is 12.4. The van der Waals surface area contributed by atoms with Gasteiger partial charge < -0.3 is 15.4 Å². The van der Waals surface area contributed by atoms with Gasteiger partial charge in [-0.3, -0.25) is 0 Å². The standard InChI is InChI=1S/C13H23N3O3S/c1-13(2,16(3)4)9-15-20(17,18)12-8-10(14)6-7-11(12)19-5/h6-8,15H,9,14H2,1-5H3. The van der Waals surface area contributed by atoms with Crippen LogP contribution in [-0.4, -0.2) is 46.6 Å². The van der Waals surface area contributed by atoms with Crippen LogP contribution < -0.4 is 15.2 Å². The number of sulfonamides is 1.